The van der Waals surface area contributed by atoms with Crippen molar-refractivity contribution in [3.05, 3.63) is 93.2 Å². The van der Waals surface area contributed by atoms with Crippen LogP contribution in [-0.2, 0) is 5.60 Å². The van der Waals surface area contributed by atoms with Crippen LogP contribution >= 0.6 is 23.2 Å². The second-order valence-electron chi connectivity index (χ2n) is 8.22. The average Bonchev–Trinajstić information content (AvgIpc) is 2.92. The zero-order chi connectivity index (χ0) is 26.3. The summed E-state index contributed by atoms with van der Waals surface area (Å²) in [6.45, 7) is -1.73. The third kappa shape index (κ3) is 4.55. The molecule has 0 aromatic heterocycles. The second kappa shape index (κ2) is 9.74. The fraction of sp³-hybridized carbons (Fsp3) is 0.200. The number of aliphatic hydroxyl groups is 2. The van der Waals surface area contributed by atoms with Crippen molar-refractivity contribution in [1.29, 1.82) is 0 Å². The Hall–Kier alpha value is -3.11. The van der Waals surface area contributed by atoms with E-state index in [4.69, 9.17) is 23.2 Å². The molecule has 0 bridgehead atoms. The molecule has 1 heterocycles. The lowest BCUT2D eigenvalue weighted by atomic mass is 9.86. The van der Waals surface area contributed by atoms with Crippen LogP contribution in [0.5, 0.6) is 0 Å². The largest absolute Gasteiger partial charge is 0.393 e. The second-order valence-corrected chi connectivity index (χ2v) is 9.06. The molecule has 0 radical (unpaired) electrons. The number of hydrogen-bond donors (Lipinski definition) is 3. The number of carbonyl (C=O) groups excluding carboxylic acids is 2. The lowest BCUT2D eigenvalue weighted by Gasteiger charge is -2.33. The quantitative estimate of drug-likeness (QED) is 0.423. The Balaban J connectivity index is 1.63. The van der Waals surface area contributed by atoms with Crippen LogP contribution in [0.25, 0.3) is 0 Å². The van der Waals surface area contributed by atoms with E-state index in [0.29, 0.717) is 0 Å². The van der Waals surface area contributed by atoms with Crippen LogP contribution in [0.2, 0.25) is 10.0 Å². The Kier molecular flexibility index (Phi) is 7.03. The molecule has 2 amide bonds. The van der Waals surface area contributed by atoms with Crippen molar-refractivity contribution < 1.29 is 33.0 Å². The van der Waals surface area contributed by atoms with Gasteiger partial charge in [-0.2, -0.15) is 0 Å². The fourth-order valence-corrected chi connectivity index (χ4v) is 4.44. The summed E-state index contributed by atoms with van der Waals surface area (Å²) in [5.41, 5.74) is -3.35. The molecule has 0 spiro atoms. The number of benzene rings is 3. The zero-order valence-electron chi connectivity index (χ0n) is 18.4. The molecule has 0 aliphatic carbocycles. The van der Waals surface area contributed by atoms with E-state index in [0.717, 1.165) is 17.0 Å². The van der Waals surface area contributed by atoms with Crippen LogP contribution in [-0.4, -0.2) is 41.1 Å². The number of carbonyl (C=O) groups is 2. The molecule has 0 saturated carbocycles. The average molecular weight is 539 g/mol. The molecular weight excluding hydrogens is 520 g/mol. The number of halogens is 5. The van der Waals surface area contributed by atoms with Gasteiger partial charge in [0.05, 0.1) is 22.9 Å². The van der Waals surface area contributed by atoms with Gasteiger partial charge in [-0.15, -0.1) is 0 Å². The Morgan fingerprint density at radius 3 is 2.39 bits per heavy atom. The highest BCUT2D eigenvalue weighted by molar-refractivity contribution is 6.34. The van der Waals surface area contributed by atoms with E-state index in [1.807, 2.05) is 0 Å². The number of aliphatic hydroxyl groups excluding tert-OH is 1. The van der Waals surface area contributed by atoms with Gasteiger partial charge in [0.15, 0.2) is 5.60 Å². The van der Waals surface area contributed by atoms with Gasteiger partial charge in [0.1, 0.15) is 5.82 Å². The number of anilines is 2. The zero-order valence-corrected chi connectivity index (χ0v) is 20.0. The summed E-state index contributed by atoms with van der Waals surface area (Å²) < 4.78 is 43.7. The molecular formula is C25H19Cl2F3N2O4. The predicted octanol–water partition coefficient (Wildman–Crippen LogP) is 5.25. The van der Waals surface area contributed by atoms with Gasteiger partial charge in [0.25, 0.3) is 17.7 Å². The monoisotopic (exact) mass is 538 g/mol. The number of nitrogens with zero attached hydrogens (tertiary/aromatic N) is 1. The lowest BCUT2D eigenvalue weighted by Crippen LogP contribution is -2.48. The smallest absolute Gasteiger partial charge is 0.284 e. The molecule has 3 aromatic carbocycles. The molecule has 1 aliphatic rings. The van der Waals surface area contributed by atoms with E-state index in [1.54, 1.807) is 0 Å². The first-order valence-electron chi connectivity index (χ1n) is 10.7. The maximum absolute atomic E-state index is 14.9. The Labute approximate surface area is 213 Å². The predicted molar refractivity (Wildman–Crippen MR) is 129 cm³/mol. The van der Waals surface area contributed by atoms with Crippen LogP contribution in [0, 0.1) is 5.82 Å². The summed E-state index contributed by atoms with van der Waals surface area (Å²) in [7, 11) is 0. The minimum absolute atomic E-state index is 0.0234. The van der Waals surface area contributed by atoms with Crippen molar-refractivity contribution in [2.75, 3.05) is 23.4 Å². The normalized spacial score (nSPS) is 18.8. The van der Waals surface area contributed by atoms with Gasteiger partial charge in [-0.3, -0.25) is 9.59 Å². The van der Waals surface area contributed by atoms with E-state index in [2.05, 4.69) is 5.32 Å². The maximum Gasteiger partial charge on any atom is 0.284 e. The van der Waals surface area contributed by atoms with E-state index >= 15 is 0 Å². The first-order valence-corrected chi connectivity index (χ1v) is 11.4. The number of alkyl halides is 2. The van der Waals surface area contributed by atoms with Crippen molar-refractivity contribution in [3.8, 4) is 0 Å². The molecule has 4 rings (SSSR count). The molecule has 0 fully saturated rings. The number of amides is 2. The van der Waals surface area contributed by atoms with Gasteiger partial charge < -0.3 is 20.4 Å². The molecule has 3 aromatic rings. The van der Waals surface area contributed by atoms with Crippen molar-refractivity contribution >= 4 is 46.4 Å². The Morgan fingerprint density at radius 2 is 1.75 bits per heavy atom. The summed E-state index contributed by atoms with van der Waals surface area (Å²) >= 11 is 11.9. The van der Waals surface area contributed by atoms with E-state index in [1.165, 1.54) is 48.5 Å². The number of fused-ring (bicyclic) bond motifs is 1. The van der Waals surface area contributed by atoms with Gasteiger partial charge in [0.2, 0.25) is 0 Å². The highest BCUT2D eigenvalue weighted by Crippen LogP contribution is 2.47. The Morgan fingerprint density at radius 1 is 1.06 bits per heavy atom. The molecule has 36 heavy (non-hydrogen) atoms. The summed E-state index contributed by atoms with van der Waals surface area (Å²) in [5, 5.41) is 22.8. The lowest BCUT2D eigenvalue weighted by molar-refractivity contribution is -0.205. The van der Waals surface area contributed by atoms with Gasteiger partial charge in [-0.05, 0) is 54.6 Å². The molecule has 1 atom stereocenters. The van der Waals surface area contributed by atoms with Crippen LogP contribution in [0.15, 0.2) is 60.7 Å². The third-order valence-electron chi connectivity index (χ3n) is 6.00. The maximum atomic E-state index is 14.9. The topological polar surface area (TPSA) is 89.9 Å². The number of hydrogen-bond acceptors (Lipinski definition) is 4. The van der Waals surface area contributed by atoms with E-state index < -0.39 is 48.7 Å². The highest BCUT2D eigenvalue weighted by Gasteiger charge is 2.56. The molecule has 11 heteroatoms. The number of rotatable bonds is 4. The minimum atomic E-state index is -3.75. The van der Waals surface area contributed by atoms with Gasteiger partial charge in [-0.1, -0.05) is 29.3 Å². The van der Waals surface area contributed by atoms with Gasteiger partial charge >= 0.3 is 0 Å². The SMILES string of the molecule is O=C(Nc1ccc(C(=O)N2CCC(F)(F)[C@](O)(CO)c3cc(Cl)ccc32)cc1)c1c(F)cccc1Cl. The summed E-state index contributed by atoms with van der Waals surface area (Å²) in [5.74, 6) is -6.00. The summed E-state index contributed by atoms with van der Waals surface area (Å²) in [6, 6.07) is 13.1. The van der Waals surface area contributed by atoms with Gasteiger partial charge in [0, 0.05) is 34.8 Å². The summed E-state index contributed by atoms with van der Waals surface area (Å²) in [4.78, 5) is 26.8. The Bertz CT molecular complexity index is 1320. The summed E-state index contributed by atoms with van der Waals surface area (Å²) in [6.07, 6.45) is -0.917. The van der Waals surface area contributed by atoms with Crippen LogP contribution in [0.4, 0.5) is 24.5 Å². The van der Waals surface area contributed by atoms with Crippen molar-refractivity contribution in [1.82, 2.24) is 0 Å². The van der Waals surface area contributed by atoms with Crippen molar-refractivity contribution in [3.63, 3.8) is 0 Å². The van der Waals surface area contributed by atoms with Gasteiger partial charge in [-0.25, -0.2) is 13.2 Å². The van der Waals surface area contributed by atoms with E-state index in [9.17, 15) is 33.0 Å². The van der Waals surface area contributed by atoms with Crippen LogP contribution in [0.3, 0.4) is 0 Å². The molecule has 188 valence electrons. The highest BCUT2D eigenvalue weighted by atomic mass is 35.5. The number of nitrogens with one attached hydrogen (secondary N) is 1. The van der Waals surface area contributed by atoms with E-state index in [-0.39, 0.29) is 38.1 Å². The minimum Gasteiger partial charge on any atom is -0.393 e. The van der Waals surface area contributed by atoms with Crippen molar-refractivity contribution in [2.24, 2.45) is 0 Å². The van der Waals surface area contributed by atoms with Crippen LogP contribution in [0.1, 0.15) is 32.7 Å². The molecule has 0 unspecified atom stereocenters. The molecule has 1 aliphatic heterocycles. The molecule has 6 nitrogen and oxygen atoms in total. The molecule has 0 saturated heterocycles. The standard InChI is InChI=1S/C25H19Cl2F3N2O4/c26-15-6-9-20-17(12-15)24(36,13-33)25(29,30)10-11-32(20)23(35)14-4-7-16(8-5-14)31-22(34)21-18(27)2-1-3-19(21)28/h1-9,12,33,36H,10-11,13H2,(H,31,34)/t24-/m0/s1. The first-order chi connectivity index (χ1) is 17.0. The van der Waals surface area contributed by atoms with Crippen LogP contribution < -0.4 is 10.2 Å². The molecule has 3 N–H and O–H groups in total. The van der Waals surface area contributed by atoms with Crippen molar-refractivity contribution in [2.45, 2.75) is 17.9 Å². The first kappa shape index (κ1) is 26.0. The third-order valence-corrected chi connectivity index (χ3v) is 6.55. The fourth-order valence-electron chi connectivity index (χ4n) is 4.02.